The summed E-state index contributed by atoms with van der Waals surface area (Å²) >= 11 is 0. The standard InChI is InChI=1S/C26H34N4O4S/c1-6-23(31)29-22-16-25(2,3)30(26(22,4)5)35(33,34)19-13-11-18(12-14-19)27-24(32)21-15-17-9-7-8-10-20(17)28-21/h6,11-15,22,28H,1,7-10,16H2,2-5H3,(H,27,32)(H,29,31). The van der Waals surface area contributed by atoms with Crippen LogP contribution < -0.4 is 10.6 Å². The molecule has 1 saturated heterocycles. The molecule has 2 heterocycles. The number of aromatic nitrogens is 1. The molecule has 1 fully saturated rings. The van der Waals surface area contributed by atoms with Crippen LogP contribution in [0.25, 0.3) is 0 Å². The Hall–Kier alpha value is -2.91. The first kappa shape index (κ1) is 25.2. The minimum atomic E-state index is -3.89. The normalized spacial score (nSPS) is 21.2. The van der Waals surface area contributed by atoms with Crippen LogP contribution in [0.1, 0.15) is 68.7 Å². The summed E-state index contributed by atoms with van der Waals surface area (Å²) in [6.07, 6.45) is 5.84. The van der Waals surface area contributed by atoms with Gasteiger partial charge in [-0.15, -0.1) is 0 Å². The minimum absolute atomic E-state index is 0.127. The molecule has 0 spiro atoms. The van der Waals surface area contributed by atoms with Crippen LogP contribution in [-0.4, -0.2) is 46.6 Å². The highest BCUT2D eigenvalue weighted by molar-refractivity contribution is 7.89. The van der Waals surface area contributed by atoms with E-state index in [1.807, 2.05) is 33.8 Å². The van der Waals surface area contributed by atoms with E-state index in [1.165, 1.54) is 28.1 Å². The fourth-order valence-electron chi connectivity index (χ4n) is 5.59. The lowest BCUT2D eigenvalue weighted by Crippen LogP contribution is -2.56. The van der Waals surface area contributed by atoms with Crippen LogP contribution in [0.5, 0.6) is 0 Å². The van der Waals surface area contributed by atoms with E-state index in [1.54, 1.807) is 12.1 Å². The van der Waals surface area contributed by atoms with Gasteiger partial charge in [0.15, 0.2) is 0 Å². The van der Waals surface area contributed by atoms with E-state index in [0.29, 0.717) is 17.8 Å². The van der Waals surface area contributed by atoms with E-state index in [4.69, 9.17) is 0 Å². The summed E-state index contributed by atoms with van der Waals surface area (Å²) in [6.45, 7) is 10.8. The molecule has 0 bridgehead atoms. The summed E-state index contributed by atoms with van der Waals surface area (Å²) in [5.74, 6) is -0.584. The number of rotatable bonds is 6. The van der Waals surface area contributed by atoms with Crippen LogP contribution in [-0.2, 0) is 27.7 Å². The van der Waals surface area contributed by atoms with Gasteiger partial charge in [0.25, 0.3) is 5.91 Å². The molecule has 1 atom stereocenters. The topological polar surface area (TPSA) is 111 Å². The second kappa shape index (κ2) is 8.95. The molecule has 2 aromatic rings. The molecule has 1 aromatic carbocycles. The van der Waals surface area contributed by atoms with Crippen molar-refractivity contribution < 1.29 is 18.0 Å². The first-order valence-corrected chi connectivity index (χ1v) is 13.4. The maximum atomic E-state index is 13.7. The van der Waals surface area contributed by atoms with Crippen molar-refractivity contribution in [3.05, 3.63) is 59.9 Å². The number of aryl methyl sites for hydroxylation is 2. The van der Waals surface area contributed by atoms with Crippen molar-refractivity contribution in [2.75, 3.05) is 5.32 Å². The summed E-state index contributed by atoms with van der Waals surface area (Å²) in [5.41, 5.74) is 1.77. The van der Waals surface area contributed by atoms with Crippen molar-refractivity contribution in [1.82, 2.24) is 14.6 Å². The Bertz CT molecular complexity index is 1240. The van der Waals surface area contributed by atoms with Crippen molar-refractivity contribution in [2.45, 2.75) is 81.8 Å². The zero-order chi connectivity index (χ0) is 25.6. The van der Waals surface area contributed by atoms with E-state index in [2.05, 4.69) is 22.2 Å². The molecule has 9 heteroatoms. The van der Waals surface area contributed by atoms with Crippen LogP contribution in [0.3, 0.4) is 0 Å². The Morgan fingerprint density at radius 2 is 1.77 bits per heavy atom. The average Bonchev–Trinajstić information content (AvgIpc) is 3.29. The predicted molar refractivity (Wildman–Crippen MR) is 136 cm³/mol. The molecule has 1 unspecified atom stereocenters. The molecule has 2 aliphatic rings. The predicted octanol–water partition coefficient (Wildman–Crippen LogP) is 3.77. The number of nitrogens with one attached hydrogen (secondary N) is 3. The number of carbonyl (C=O) groups is 2. The fraction of sp³-hybridized carbons (Fsp3) is 0.462. The van der Waals surface area contributed by atoms with Gasteiger partial charge in [-0.2, -0.15) is 4.31 Å². The highest BCUT2D eigenvalue weighted by Crippen LogP contribution is 2.44. The fourth-order valence-corrected chi connectivity index (χ4v) is 7.75. The van der Waals surface area contributed by atoms with Gasteiger partial charge in [0.05, 0.1) is 10.4 Å². The molecule has 1 aliphatic heterocycles. The van der Waals surface area contributed by atoms with Crippen LogP contribution in [0.4, 0.5) is 5.69 Å². The van der Waals surface area contributed by atoms with Gasteiger partial charge < -0.3 is 15.6 Å². The largest absolute Gasteiger partial charge is 0.354 e. The molecule has 1 aromatic heterocycles. The van der Waals surface area contributed by atoms with Gasteiger partial charge in [0.1, 0.15) is 5.69 Å². The van der Waals surface area contributed by atoms with Crippen molar-refractivity contribution >= 4 is 27.5 Å². The molecule has 0 radical (unpaired) electrons. The van der Waals surface area contributed by atoms with Gasteiger partial charge in [-0.1, -0.05) is 6.58 Å². The van der Waals surface area contributed by atoms with E-state index >= 15 is 0 Å². The second-order valence-electron chi connectivity index (χ2n) is 10.6. The molecule has 35 heavy (non-hydrogen) atoms. The van der Waals surface area contributed by atoms with Gasteiger partial charge >= 0.3 is 0 Å². The maximum absolute atomic E-state index is 13.7. The molecule has 3 N–H and O–H groups in total. The van der Waals surface area contributed by atoms with Gasteiger partial charge in [-0.05, 0) is 102 Å². The zero-order valence-corrected chi connectivity index (χ0v) is 21.6. The van der Waals surface area contributed by atoms with Crippen molar-refractivity contribution in [3.8, 4) is 0 Å². The van der Waals surface area contributed by atoms with Gasteiger partial charge in [0.2, 0.25) is 15.9 Å². The van der Waals surface area contributed by atoms with E-state index in [9.17, 15) is 18.0 Å². The molecule has 8 nitrogen and oxygen atoms in total. The van der Waals surface area contributed by atoms with Gasteiger partial charge in [-0.25, -0.2) is 8.42 Å². The second-order valence-corrected chi connectivity index (χ2v) is 12.4. The van der Waals surface area contributed by atoms with E-state index < -0.39 is 21.1 Å². The quantitative estimate of drug-likeness (QED) is 0.527. The molecule has 1 aliphatic carbocycles. The maximum Gasteiger partial charge on any atom is 0.272 e. The summed E-state index contributed by atoms with van der Waals surface area (Å²) < 4.78 is 29.0. The van der Waals surface area contributed by atoms with Crippen LogP contribution in [0.15, 0.2) is 47.9 Å². The van der Waals surface area contributed by atoms with Crippen LogP contribution in [0.2, 0.25) is 0 Å². The molecule has 4 rings (SSSR count). The van der Waals surface area contributed by atoms with Crippen LogP contribution >= 0.6 is 0 Å². The van der Waals surface area contributed by atoms with Gasteiger partial charge in [-0.3, -0.25) is 9.59 Å². The molecular formula is C26H34N4O4S. The molecular weight excluding hydrogens is 464 g/mol. The molecule has 188 valence electrons. The number of anilines is 1. The Kier molecular flexibility index (Phi) is 6.44. The summed E-state index contributed by atoms with van der Waals surface area (Å²) in [6, 6.07) is 7.74. The van der Waals surface area contributed by atoms with E-state index in [0.717, 1.165) is 31.4 Å². The number of sulfonamides is 1. The summed E-state index contributed by atoms with van der Waals surface area (Å²) in [4.78, 5) is 28.0. The number of carbonyl (C=O) groups excluding carboxylic acids is 2. The Morgan fingerprint density at radius 1 is 1.11 bits per heavy atom. The van der Waals surface area contributed by atoms with Crippen molar-refractivity contribution in [2.24, 2.45) is 0 Å². The van der Waals surface area contributed by atoms with Crippen LogP contribution in [0, 0.1) is 0 Å². The monoisotopic (exact) mass is 498 g/mol. The first-order chi connectivity index (χ1) is 16.4. The molecule has 0 saturated carbocycles. The minimum Gasteiger partial charge on any atom is -0.354 e. The average molecular weight is 499 g/mol. The number of hydrogen-bond donors (Lipinski definition) is 3. The number of aromatic amines is 1. The first-order valence-electron chi connectivity index (χ1n) is 12.0. The molecule has 2 amide bonds. The number of hydrogen-bond acceptors (Lipinski definition) is 4. The number of benzene rings is 1. The van der Waals surface area contributed by atoms with Crippen molar-refractivity contribution in [1.29, 1.82) is 0 Å². The Morgan fingerprint density at radius 3 is 2.40 bits per heavy atom. The van der Waals surface area contributed by atoms with E-state index in [-0.39, 0.29) is 22.8 Å². The highest BCUT2D eigenvalue weighted by atomic mass is 32.2. The van der Waals surface area contributed by atoms with Gasteiger partial charge in [0, 0.05) is 23.0 Å². The lowest BCUT2D eigenvalue weighted by Gasteiger charge is -2.40. The SMILES string of the molecule is C=CC(=O)NC1CC(C)(C)N(S(=O)(=O)c2ccc(NC(=O)c3cc4c([nH]3)CCCC4)cc2)C1(C)C. The lowest BCUT2D eigenvalue weighted by molar-refractivity contribution is -0.117. The number of H-pyrrole nitrogens is 1. The Labute approximate surface area is 207 Å². The smallest absolute Gasteiger partial charge is 0.272 e. The third-order valence-electron chi connectivity index (χ3n) is 7.14. The zero-order valence-electron chi connectivity index (χ0n) is 20.8. The number of amides is 2. The third kappa shape index (κ3) is 4.67. The lowest BCUT2D eigenvalue weighted by atomic mass is 9.94. The Balaban J connectivity index is 1.54. The number of nitrogens with zero attached hydrogens (tertiary/aromatic N) is 1. The number of fused-ring (bicyclic) bond motifs is 1. The summed E-state index contributed by atoms with van der Waals surface area (Å²) in [5, 5.41) is 5.73. The highest BCUT2D eigenvalue weighted by Gasteiger charge is 2.57. The third-order valence-corrected chi connectivity index (χ3v) is 9.45. The summed E-state index contributed by atoms with van der Waals surface area (Å²) in [7, 11) is -3.89. The van der Waals surface area contributed by atoms with Crippen molar-refractivity contribution in [3.63, 3.8) is 0 Å².